The Balaban J connectivity index is 2.31. The molecule has 1 aromatic heterocycles. The van der Waals surface area contributed by atoms with Crippen LogP contribution in [0.15, 0.2) is 30.3 Å². The van der Waals surface area contributed by atoms with E-state index in [1.807, 2.05) is 0 Å². The minimum atomic E-state index is -0.821. The summed E-state index contributed by atoms with van der Waals surface area (Å²) in [7, 11) is 1.67. The van der Waals surface area contributed by atoms with E-state index >= 15 is 0 Å². The van der Waals surface area contributed by atoms with Crippen molar-refractivity contribution in [3.63, 3.8) is 0 Å². The molecular formula is C14H13F2N3O. The lowest BCUT2D eigenvalue weighted by atomic mass is 10.2. The second-order valence-electron chi connectivity index (χ2n) is 4.18. The highest BCUT2D eigenvalue weighted by Crippen LogP contribution is 2.19. The highest BCUT2D eigenvalue weighted by molar-refractivity contribution is 6.04. The van der Waals surface area contributed by atoms with E-state index in [-0.39, 0.29) is 5.56 Å². The van der Waals surface area contributed by atoms with Gasteiger partial charge in [-0.2, -0.15) is 0 Å². The summed E-state index contributed by atoms with van der Waals surface area (Å²) in [5, 5.41) is 5.04. The molecule has 2 N–H and O–H groups in total. The summed E-state index contributed by atoms with van der Waals surface area (Å²) in [4.78, 5) is 16.2. The number of nitrogens with zero attached hydrogens (tertiary/aromatic N) is 1. The first kappa shape index (κ1) is 13.9. The number of carbonyl (C=O) groups is 1. The number of benzene rings is 1. The van der Waals surface area contributed by atoms with Crippen LogP contribution in [0.3, 0.4) is 0 Å². The zero-order valence-electron chi connectivity index (χ0n) is 11.0. The average molecular weight is 277 g/mol. The fourth-order valence-electron chi connectivity index (χ4n) is 1.73. The summed E-state index contributed by atoms with van der Waals surface area (Å²) in [5.74, 6) is -1.74. The molecule has 1 aromatic carbocycles. The Labute approximate surface area is 114 Å². The molecule has 0 spiro atoms. The van der Waals surface area contributed by atoms with Crippen LogP contribution in [0, 0.1) is 18.6 Å². The summed E-state index contributed by atoms with van der Waals surface area (Å²) in [6, 6.07) is 6.43. The molecule has 0 radical (unpaired) electrons. The molecule has 0 bridgehead atoms. The molecule has 0 aliphatic rings. The van der Waals surface area contributed by atoms with Gasteiger partial charge in [0.15, 0.2) is 0 Å². The molecular weight excluding hydrogens is 264 g/mol. The molecule has 1 heterocycles. The van der Waals surface area contributed by atoms with E-state index in [1.54, 1.807) is 14.0 Å². The van der Waals surface area contributed by atoms with Crippen LogP contribution in [0.2, 0.25) is 0 Å². The highest BCUT2D eigenvalue weighted by atomic mass is 19.1. The SMILES string of the molecule is CNc1cc(C(=O)Nc2c(F)cccc2F)cc(C)n1. The van der Waals surface area contributed by atoms with Crippen LogP contribution in [0.4, 0.5) is 20.3 Å². The van der Waals surface area contributed by atoms with Crippen LogP contribution >= 0.6 is 0 Å². The van der Waals surface area contributed by atoms with Crippen molar-refractivity contribution in [1.29, 1.82) is 0 Å². The summed E-state index contributed by atoms with van der Waals surface area (Å²) in [6.45, 7) is 1.72. The molecule has 0 unspecified atom stereocenters. The molecule has 104 valence electrons. The number of aromatic nitrogens is 1. The predicted molar refractivity (Wildman–Crippen MR) is 72.8 cm³/mol. The lowest BCUT2D eigenvalue weighted by Crippen LogP contribution is -2.15. The Hall–Kier alpha value is -2.50. The fraction of sp³-hybridized carbons (Fsp3) is 0.143. The molecule has 4 nitrogen and oxygen atoms in total. The summed E-state index contributed by atoms with van der Waals surface area (Å²) < 4.78 is 26.9. The number of carbonyl (C=O) groups excluding carboxylic acids is 1. The Kier molecular flexibility index (Phi) is 3.93. The summed E-state index contributed by atoms with van der Waals surface area (Å²) in [5.41, 5.74) is 0.429. The van der Waals surface area contributed by atoms with Crippen molar-refractivity contribution in [1.82, 2.24) is 4.98 Å². The molecule has 0 saturated carbocycles. The maximum Gasteiger partial charge on any atom is 0.256 e. The topological polar surface area (TPSA) is 54.0 Å². The van der Waals surface area contributed by atoms with Crippen molar-refractivity contribution in [3.8, 4) is 0 Å². The first-order valence-corrected chi connectivity index (χ1v) is 5.93. The second-order valence-corrected chi connectivity index (χ2v) is 4.18. The van der Waals surface area contributed by atoms with Gasteiger partial charge in [0.2, 0.25) is 0 Å². The normalized spacial score (nSPS) is 10.2. The second kappa shape index (κ2) is 5.64. The lowest BCUT2D eigenvalue weighted by Gasteiger charge is -2.09. The fourth-order valence-corrected chi connectivity index (χ4v) is 1.73. The van der Waals surface area contributed by atoms with Gasteiger partial charge in [-0.3, -0.25) is 4.79 Å². The van der Waals surface area contributed by atoms with Crippen molar-refractivity contribution >= 4 is 17.4 Å². The summed E-state index contributed by atoms with van der Waals surface area (Å²) >= 11 is 0. The Bertz CT molecular complexity index is 639. The van der Waals surface area contributed by atoms with E-state index < -0.39 is 23.2 Å². The van der Waals surface area contributed by atoms with Crippen molar-refractivity contribution in [2.24, 2.45) is 0 Å². The van der Waals surface area contributed by atoms with Gasteiger partial charge in [-0.15, -0.1) is 0 Å². The molecule has 0 atom stereocenters. The van der Waals surface area contributed by atoms with Crippen molar-refractivity contribution in [2.75, 3.05) is 17.7 Å². The van der Waals surface area contributed by atoms with Crippen molar-refractivity contribution < 1.29 is 13.6 Å². The first-order valence-electron chi connectivity index (χ1n) is 5.93. The standard InChI is InChI=1S/C14H13F2N3O/c1-8-6-9(7-12(17-2)18-8)14(20)19-13-10(15)4-3-5-11(13)16/h3-7H,1-2H3,(H,17,18)(H,19,20). The smallest absolute Gasteiger partial charge is 0.256 e. The number of aryl methyl sites for hydroxylation is 1. The van der Waals surface area contributed by atoms with Gasteiger partial charge in [0, 0.05) is 18.3 Å². The van der Waals surface area contributed by atoms with E-state index in [4.69, 9.17) is 0 Å². The van der Waals surface area contributed by atoms with E-state index in [1.165, 1.54) is 18.2 Å². The molecule has 20 heavy (non-hydrogen) atoms. The van der Waals surface area contributed by atoms with Crippen molar-refractivity contribution in [2.45, 2.75) is 6.92 Å². The highest BCUT2D eigenvalue weighted by Gasteiger charge is 2.14. The van der Waals surface area contributed by atoms with Gasteiger partial charge in [-0.05, 0) is 31.2 Å². The quantitative estimate of drug-likeness (QED) is 0.907. The number of nitrogens with one attached hydrogen (secondary N) is 2. The monoisotopic (exact) mass is 277 g/mol. The number of amides is 1. The molecule has 2 rings (SSSR count). The minimum absolute atomic E-state index is 0.268. The Morgan fingerprint density at radius 2 is 1.85 bits per heavy atom. The zero-order valence-corrected chi connectivity index (χ0v) is 11.0. The number of halogens is 2. The third kappa shape index (κ3) is 2.90. The Morgan fingerprint density at radius 3 is 2.45 bits per heavy atom. The molecule has 0 aliphatic heterocycles. The number of pyridine rings is 1. The maximum absolute atomic E-state index is 13.5. The average Bonchev–Trinajstić information content (AvgIpc) is 2.42. The maximum atomic E-state index is 13.5. The third-order valence-electron chi connectivity index (χ3n) is 2.67. The van der Waals surface area contributed by atoms with E-state index in [2.05, 4.69) is 15.6 Å². The van der Waals surface area contributed by atoms with Crippen LogP contribution in [0.1, 0.15) is 16.1 Å². The van der Waals surface area contributed by atoms with Gasteiger partial charge >= 0.3 is 0 Å². The van der Waals surface area contributed by atoms with Crippen LogP contribution in [-0.4, -0.2) is 17.9 Å². The van der Waals surface area contributed by atoms with Gasteiger partial charge in [-0.1, -0.05) is 6.07 Å². The minimum Gasteiger partial charge on any atom is -0.373 e. The van der Waals surface area contributed by atoms with Crippen LogP contribution in [0.5, 0.6) is 0 Å². The van der Waals surface area contributed by atoms with Gasteiger partial charge in [0.1, 0.15) is 23.1 Å². The van der Waals surface area contributed by atoms with Gasteiger partial charge < -0.3 is 10.6 Å². The van der Waals surface area contributed by atoms with Crippen molar-refractivity contribution in [3.05, 3.63) is 53.2 Å². The number of hydrogen-bond acceptors (Lipinski definition) is 3. The number of hydrogen-bond donors (Lipinski definition) is 2. The molecule has 0 saturated heterocycles. The van der Waals surface area contributed by atoms with Gasteiger partial charge in [-0.25, -0.2) is 13.8 Å². The number of rotatable bonds is 3. The molecule has 0 aliphatic carbocycles. The van der Waals surface area contributed by atoms with Gasteiger partial charge in [0.25, 0.3) is 5.91 Å². The molecule has 6 heteroatoms. The predicted octanol–water partition coefficient (Wildman–Crippen LogP) is 2.96. The van der Waals surface area contributed by atoms with E-state index in [9.17, 15) is 13.6 Å². The van der Waals surface area contributed by atoms with Gasteiger partial charge in [0.05, 0.1) is 0 Å². The number of anilines is 2. The van der Waals surface area contributed by atoms with Crippen LogP contribution in [-0.2, 0) is 0 Å². The molecule has 2 aromatic rings. The molecule has 0 fully saturated rings. The van der Waals surface area contributed by atoms with E-state index in [0.717, 1.165) is 12.1 Å². The first-order chi connectivity index (χ1) is 9.51. The summed E-state index contributed by atoms with van der Waals surface area (Å²) in [6.07, 6.45) is 0. The molecule has 1 amide bonds. The largest absolute Gasteiger partial charge is 0.373 e. The lowest BCUT2D eigenvalue weighted by molar-refractivity contribution is 0.102. The Morgan fingerprint density at radius 1 is 1.20 bits per heavy atom. The van der Waals surface area contributed by atoms with E-state index in [0.29, 0.717) is 11.5 Å². The zero-order chi connectivity index (χ0) is 14.7. The number of para-hydroxylation sites is 1. The van der Waals surface area contributed by atoms with Crippen LogP contribution < -0.4 is 10.6 Å². The van der Waals surface area contributed by atoms with Crippen LogP contribution in [0.25, 0.3) is 0 Å². The third-order valence-corrected chi connectivity index (χ3v) is 2.67.